The van der Waals surface area contributed by atoms with Gasteiger partial charge in [-0.2, -0.15) is 8.78 Å². The van der Waals surface area contributed by atoms with Crippen LogP contribution < -0.4 is 15.4 Å². The van der Waals surface area contributed by atoms with Gasteiger partial charge in [0.05, 0.1) is 6.54 Å². The predicted molar refractivity (Wildman–Crippen MR) is 101 cm³/mol. The number of alkyl halides is 2. The molecule has 2 amide bonds. The second-order valence-corrected chi connectivity index (χ2v) is 7.65. The number of rotatable bonds is 6. The minimum Gasteiger partial charge on any atom is -0.444 e. The van der Waals surface area contributed by atoms with Crippen LogP contribution in [-0.4, -0.2) is 54.8 Å². The quantitative estimate of drug-likeness (QED) is 0.768. The number of anilines is 1. The number of likely N-dealkylation sites (tertiary alicyclic amines) is 1. The highest BCUT2D eigenvalue weighted by Gasteiger charge is 2.24. The summed E-state index contributed by atoms with van der Waals surface area (Å²) >= 11 is 0. The molecular formula is C19H27F2N3O4. The minimum atomic E-state index is -2.88. The average Bonchev–Trinajstić information content (AvgIpc) is 2.56. The van der Waals surface area contributed by atoms with Crippen LogP contribution in [0.15, 0.2) is 24.3 Å². The SMILES string of the molecule is CC(C)(C)OC(=O)NC1CCN(CC(=O)Nc2ccc(OC(F)F)cc2)CC1. The molecule has 1 heterocycles. The van der Waals surface area contributed by atoms with Crippen molar-refractivity contribution in [1.82, 2.24) is 10.2 Å². The zero-order valence-electron chi connectivity index (χ0n) is 16.3. The van der Waals surface area contributed by atoms with Crippen molar-refractivity contribution in [2.24, 2.45) is 0 Å². The largest absolute Gasteiger partial charge is 0.444 e. The first-order valence-corrected chi connectivity index (χ1v) is 9.17. The highest BCUT2D eigenvalue weighted by molar-refractivity contribution is 5.92. The van der Waals surface area contributed by atoms with Gasteiger partial charge >= 0.3 is 12.7 Å². The number of piperidine rings is 1. The first-order valence-electron chi connectivity index (χ1n) is 9.17. The Morgan fingerprint density at radius 2 is 1.79 bits per heavy atom. The summed E-state index contributed by atoms with van der Waals surface area (Å²) in [5.74, 6) is -0.159. The molecule has 0 atom stereocenters. The van der Waals surface area contributed by atoms with E-state index in [1.165, 1.54) is 24.3 Å². The van der Waals surface area contributed by atoms with Gasteiger partial charge in [-0.25, -0.2) is 4.79 Å². The van der Waals surface area contributed by atoms with Gasteiger partial charge in [0, 0.05) is 24.8 Å². The average molecular weight is 399 g/mol. The molecule has 1 aliphatic heterocycles. The molecule has 0 aliphatic carbocycles. The molecule has 9 heteroatoms. The highest BCUT2D eigenvalue weighted by Crippen LogP contribution is 2.18. The highest BCUT2D eigenvalue weighted by atomic mass is 19.3. The van der Waals surface area contributed by atoms with Gasteiger partial charge in [0.15, 0.2) is 0 Å². The van der Waals surface area contributed by atoms with Crippen LogP contribution in [0.5, 0.6) is 5.75 Å². The van der Waals surface area contributed by atoms with Crippen LogP contribution in [0.2, 0.25) is 0 Å². The number of amides is 2. The van der Waals surface area contributed by atoms with Gasteiger partial charge in [-0.15, -0.1) is 0 Å². The standard InChI is InChI=1S/C19H27F2N3O4/c1-19(2,3)28-18(26)23-14-8-10-24(11-9-14)12-16(25)22-13-4-6-15(7-5-13)27-17(20)21/h4-7,14,17H,8-12H2,1-3H3,(H,22,25)(H,23,26). The molecule has 0 saturated carbocycles. The lowest BCUT2D eigenvalue weighted by Gasteiger charge is -2.32. The van der Waals surface area contributed by atoms with Gasteiger partial charge in [-0.05, 0) is 57.9 Å². The zero-order chi connectivity index (χ0) is 20.7. The Kier molecular flexibility index (Phi) is 7.56. The number of alkyl carbamates (subject to hydrolysis) is 1. The molecule has 2 N–H and O–H groups in total. The van der Waals surface area contributed by atoms with Gasteiger partial charge in [0.1, 0.15) is 11.4 Å². The fourth-order valence-electron chi connectivity index (χ4n) is 2.83. The molecule has 0 spiro atoms. The monoisotopic (exact) mass is 399 g/mol. The van der Waals surface area contributed by atoms with Crippen LogP contribution in [0.1, 0.15) is 33.6 Å². The molecule has 0 bridgehead atoms. The lowest BCUT2D eigenvalue weighted by Crippen LogP contribution is -2.47. The topological polar surface area (TPSA) is 79.9 Å². The smallest absolute Gasteiger partial charge is 0.407 e. The van der Waals surface area contributed by atoms with Crippen LogP contribution in [0.4, 0.5) is 19.3 Å². The molecule has 0 aromatic heterocycles. The molecular weight excluding hydrogens is 372 g/mol. The molecule has 1 fully saturated rings. The Balaban J connectivity index is 1.71. The van der Waals surface area contributed by atoms with Crippen LogP contribution in [0.25, 0.3) is 0 Å². The Bertz CT molecular complexity index is 654. The van der Waals surface area contributed by atoms with E-state index in [2.05, 4.69) is 15.4 Å². The van der Waals surface area contributed by atoms with E-state index in [-0.39, 0.29) is 24.2 Å². The summed E-state index contributed by atoms with van der Waals surface area (Å²) in [7, 11) is 0. The maximum absolute atomic E-state index is 12.2. The second kappa shape index (κ2) is 9.68. The summed E-state index contributed by atoms with van der Waals surface area (Å²) in [6.45, 7) is 4.12. The Morgan fingerprint density at radius 1 is 1.18 bits per heavy atom. The number of hydrogen-bond donors (Lipinski definition) is 2. The molecule has 1 saturated heterocycles. The van der Waals surface area contributed by atoms with Crippen molar-refractivity contribution in [3.63, 3.8) is 0 Å². The lowest BCUT2D eigenvalue weighted by atomic mass is 10.1. The minimum absolute atomic E-state index is 0.0246. The molecule has 1 aliphatic rings. The van der Waals surface area contributed by atoms with E-state index in [0.717, 1.165) is 12.8 Å². The van der Waals surface area contributed by atoms with E-state index in [9.17, 15) is 18.4 Å². The first-order chi connectivity index (χ1) is 13.1. The predicted octanol–water partition coefficient (Wildman–Crippen LogP) is 3.22. The number of halogens is 2. The van der Waals surface area contributed by atoms with E-state index < -0.39 is 18.3 Å². The third kappa shape index (κ3) is 8.08. The summed E-state index contributed by atoms with van der Waals surface area (Å²) in [6, 6.07) is 5.78. The van der Waals surface area contributed by atoms with E-state index in [4.69, 9.17) is 4.74 Å². The van der Waals surface area contributed by atoms with Gasteiger partial charge in [-0.3, -0.25) is 9.69 Å². The summed E-state index contributed by atoms with van der Waals surface area (Å²) in [6.07, 6.45) is 1.03. The van der Waals surface area contributed by atoms with E-state index >= 15 is 0 Å². The zero-order valence-corrected chi connectivity index (χ0v) is 16.3. The number of nitrogens with zero attached hydrogens (tertiary/aromatic N) is 1. The number of nitrogens with one attached hydrogen (secondary N) is 2. The molecule has 7 nitrogen and oxygen atoms in total. The van der Waals surface area contributed by atoms with Crippen LogP contribution in [0.3, 0.4) is 0 Å². The summed E-state index contributed by atoms with van der Waals surface area (Å²) in [4.78, 5) is 26.0. The molecule has 0 unspecified atom stereocenters. The Hall–Kier alpha value is -2.42. The van der Waals surface area contributed by atoms with Crippen molar-refractivity contribution in [1.29, 1.82) is 0 Å². The van der Waals surface area contributed by atoms with E-state index in [1.807, 2.05) is 25.7 Å². The summed E-state index contributed by atoms with van der Waals surface area (Å²) in [5, 5.41) is 5.58. The normalized spacial score (nSPS) is 15.9. The molecule has 1 aromatic rings. The summed E-state index contributed by atoms with van der Waals surface area (Å²) in [5.41, 5.74) is -0.0276. The summed E-state index contributed by atoms with van der Waals surface area (Å²) < 4.78 is 33.8. The number of hydrogen-bond acceptors (Lipinski definition) is 5. The number of carbonyl (C=O) groups is 2. The van der Waals surface area contributed by atoms with Crippen molar-refractivity contribution < 1.29 is 27.8 Å². The molecule has 2 rings (SSSR count). The van der Waals surface area contributed by atoms with Gasteiger partial charge in [0.2, 0.25) is 5.91 Å². The number of benzene rings is 1. The first kappa shape index (κ1) is 21.9. The van der Waals surface area contributed by atoms with E-state index in [0.29, 0.717) is 18.8 Å². The van der Waals surface area contributed by atoms with Crippen molar-refractivity contribution in [2.45, 2.75) is 51.9 Å². The van der Waals surface area contributed by atoms with Crippen molar-refractivity contribution in [3.8, 4) is 5.75 Å². The lowest BCUT2D eigenvalue weighted by molar-refractivity contribution is -0.117. The third-order valence-electron chi connectivity index (χ3n) is 4.04. The van der Waals surface area contributed by atoms with Crippen molar-refractivity contribution in [2.75, 3.05) is 25.0 Å². The number of ether oxygens (including phenoxy) is 2. The molecule has 28 heavy (non-hydrogen) atoms. The van der Waals surface area contributed by atoms with Crippen LogP contribution >= 0.6 is 0 Å². The Labute approximate surface area is 163 Å². The molecule has 156 valence electrons. The van der Waals surface area contributed by atoms with E-state index in [1.54, 1.807) is 0 Å². The Morgan fingerprint density at radius 3 is 2.32 bits per heavy atom. The maximum atomic E-state index is 12.2. The van der Waals surface area contributed by atoms with Crippen molar-refractivity contribution in [3.05, 3.63) is 24.3 Å². The number of carbonyl (C=O) groups excluding carboxylic acids is 2. The fourth-order valence-corrected chi connectivity index (χ4v) is 2.83. The van der Waals surface area contributed by atoms with Crippen LogP contribution in [0, 0.1) is 0 Å². The maximum Gasteiger partial charge on any atom is 0.407 e. The van der Waals surface area contributed by atoms with Gasteiger partial charge in [-0.1, -0.05) is 0 Å². The fraction of sp³-hybridized carbons (Fsp3) is 0.579. The molecule has 0 radical (unpaired) electrons. The van der Waals surface area contributed by atoms with Crippen LogP contribution in [-0.2, 0) is 9.53 Å². The van der Waals surface area contributed by atoms with Gasteiger partial charge in [0.25, 0.3) is 0 Å². The third-order valence-corrected chi connectivity index (χ3v) is 4.04. The van der Waals surface area contributed by atoms with Crippen molar-refractivity contribution >= 4 is 17.7 Å². The van der Waals surface area contributed by atoms with Gasteiger partial charge < -0.3 is 20.1 Å². The molecule has 1 aromatic carbocycles. The second-order valence-electron chi connectivity index (χ2n) is 7.65.